The molecule has 0 saturated carbocycles. The van der Waals surface area contributed by atoms with E-state index in [1.165, 1.54) is 4.90 Å². The van der Waals surface area contributed by atoms with Crippen molar-refractivity contribution in [1.82, 2.24) is 9.80 Å². The Kier molecular flexibility index (Phi) is 4.96. The summed E-state index contributed by atoms with van der Waals surface area (Å²) >= 11 is 0. The fourth-order valence-electron chi connectivity index (χ4n) is 3.77. The van der Waals surface area contributed by atoms with Crippen LogP contribution in [0.3, 0.4) is 0 Å². The van der Waals surface area contributed by atoms with Gasteiger partial charge in [-0.3, -0.25) is 19.3 Å². The number of ether oxygens (including phenoxy) is 1. The van der Waals surface area contributed by atoms with Gasteiger partial charge < -0.3 is 9.64 Å². The number of imide groups is 1. The molecule has 0 radical (unpaired) electrons. The normalized spacial score (nSPS) is 21.8. The first-order valence-electron chi connectivity index (χ1n) is 9.47. The maximum atomic E-state index is 12.8. The lowest BCUT2D eigenvalue weighted by Crippen LogP contribution is -2.49. The van der Waals surface area contributed by atoms with E-state index in [2.05, 4.69) is 0 Å². The first-order valence-corrected chi connectivity index (χ1v) is 9.47. The molecule has 2 aliphatic heterocycles. The predicted molar refractivity (Wildman–Crippen MR) is 103 cm³/mol. The smallest absolute Gasteiger partial charge is 0.261 e. The molecule has 1 saturated heterocycles. The molecule has 2 aromatic carbocycles. The second-order valence-electron chi connectivity index (χ2n) is 7.19. The topological polar surface area (TPSA) is 66.9 Å². The van der Waals surface area contributed by atoms with Gasteiger partial charge in [-0.2, -0.15) is 0 Å². The molecule has 2 heterocycles. The van der Waals surface area contributed by atoms with E-state index >= 15 is 0 Å². The lowest BCUT2D eigenvalue weighted by Gasteiger charge is -2.38. The summed E-state index contributed by atoms with van der Waals surface area (Å²) in [4.78, 5) is 40.7. The van der Waals surface area contributed by atoms with Crippen molar-refractivity contribution in [3.63, 3.8) is 0 Å². The standard InChI is InChI=1S/C22H22N2O4/c1-15-14-28-19(16-7-3-2-4-8-16)13-24(15)20(25)11-12-23-21(26)17-9-5-6-10-18(17)22(23)27/h2-10,15,19H,11-14H2,1H3. The van der Waals surface area contributed by atoms with Crippen molar-refractivity contribution < 1.29 is 19.1 Å². The highest BCUT2D eigenvalue weighted by Gasteiger charge is 2.36. The highest BCUT2D eigenvalue weighted by Crippen LogP contribution is 2.26. The summed E-state index contributed by atoms with van der Waals surface area (Å²) in [5, 5.41) is 0. The number of amides is 3. The minimum Gasteiger partial charge on any atom is -0.370 e. The summed E-state index contributed by atoms with van der Waals surface area (Å²) in [5.41, 5.74) is 1.85. The van der Waals surface area contributed by atoms with Gasteiger partial charge in [0.2, 0.25) is 5.91 Å². The molecule has 6 nitrogen and oxygen atoms in total. The number of fused-ring (bicyclic) bond motifs is 1. The molecule has 0 N–H and O–H groups in total. The van der Waals surface area contributed by atoms with Gasteiger partial charge >= 0.3 is 0 Å². The molecule has 2 aromatic rings. The summed E-state index contributed by atoms with van der Waals surface area (Å²) in [6.07, 6.45) is -0.0576. The molecule has 0 aromatic heterocycles. The number of morpholine rings is 1. The molecular weight excluding hydrogens is 356 g/mol. The van der Waals surface area contributed by atoms with Crippen molar-refractivity contribution in [3.8, 4) is 0 Å². The van der Waals surface area contributed by atoms with Gasteiger partial charge in [0.15, 0.2) is 0 Å². The van der Waals surface area contributed by atoms with Crippen LogP contribution in [0.2, 0.25) is 0 Å². The second-order valence-corrected chi connectivity index (χ2v) is 7.19. The Balaban J connectivity index is 1.41. The SMILES string of the molecule is CC1COC(c2ccccc2)CN1C(=O)CCN1C(=O)c2ccccc2C1=O. The van der Waals surface area contributed by atoms with Crippen LogP contribution >= 0.6 is 0 Å². The van der Waals surface area contributed by atoms with E-state index in [-0.39, 0.29) is 42.8 Å². The van der Waals surface area contributed by atoms with Crippen LogP contribution in [0.15, 0.2) is 54.6 Å². The van der Waals surface area contributed by atoms with E-state index in [1.807, 2.05) is 37.3 Å². The molecule has 2 unspecified atom stereocenters. The van der Waals surface area contributed by atoms with Crippen LogP contribution in [-0.2, 0) is 9.53 Å². The Morgan fingerprint density at radius 1 is 1.00 bits per heavy atom. The molecule has 0 aliphatic carbocycles. The molecule has 0 bridgehead atoms. The lowest BCUT2D eigenvalue weighted by atomic mass is 10.1. The van der Waals surface area contributed by atoms with Gasteiger partial charge in [0.25, 0.3) is 11.8 Å². The molecule has 2 atom stereocenters. The van der Waals surface area contributed by atoms with Crippen molar-refractivity contribution in [2.75, 3.05) is 19.7 Å². The minimum atomic E-state index is -0.328. The highest BCUT2D eigenvalue weighted by atomic mass is 16.5. The van der Waals surface area contributed by atoms with E-state index in [9.17, 15) is 14.4 Å². The van der Waals surface area contributed by atoms with Crippen molar-refractivity contribution in [1.29, 1.82) is 0 Å². The van der Waals surface area contributed by atoms with Crippen LogP contribution in [0.1, 0.15) is 45.7 Å². The van der Waals surface area contributed by atoms with Crippen LogP contribution in [0.5, 0.6) is 0 Å². The molecule has 0 spiro atoms. The largest absolute Gasteiger partial charge is 0.370 e. The van der Waals surface area contributed by atoms with Crippen molar-refractivity contribution in [2.45, 2.75) is 25.5 Å². The molecule has 28 heavy (non-hydrogen) atoms. The van der Waals surface area contributed by atoms with Gasteiger partial charge in [0.1, 0.15) is 6.10 Å². The third-order valence-electron chi connectivity index (χ3n) is 5.35. The van der Waals surface area contributed by atoms with Crippen LogP contribution in [0, 0.1) is 0 Å². The number of carbonyl (C=O) groups excluding carboxylic acids is 3. The molecular formula is C22H22N2O4. The summed E-state index contributed by atoms with van der Waals surface area (Å²) in [5.74, 6) is -0.732. The average Bonchev–Trinajstić information content (AvgIpc) is 2.97. The van der Waals surface area contributed by atoms with Crippen LogP contribution < -0.4 is 0 Å². The number of benzene rings is 2. The Morgan fingerprint density at radius 3 is 2.25 bits per heavy atom. The van der Waals surface area contributed by atoms with Gasteiger partial charge in [-0.05, 0) is 24.6 Å². The lowest BCUT2D eigenvalue weighted by molar-refractivity contribution is -0.144. The Bertz CT molecular complexity index is 877. The molecule has 6 heteroatoms. The quantitative estimate of drug-likeness (QED) is 0.767. The third kappa shape index (κ3) is 3.31. The molecule has 144 valence electrons. The predicted octanol–water partition coefficient (Wildman–Crippen LogP) is 2.66. The zero-order chi connectivity index (χ0) is 19.7. The van der Waals surface area contributed by atoms with Crippen molar-refractivity contribution >= 4 is 17.7 Å². The zero-order valence-electron chi connectivity index (χ0n) is 15.7. The Labute approximate surface area is 163 Å². The zero-order valence-corrected chi connectivity index (χ0v) is 15.7. The van der Waals surface area contributed by atoms with Crippen LogP contribution in [-0.4, -0.2) is 53.3 Å². The summed E-state index contributed by atoms with van der Waals surface area (Å²) in [6.45, 7) is 2.96. The maximum absolute atomic E-state index is 12.8. The Morgan fingerprint density at radius 2 is 1.61 bits per heavy atom. The first-order chi connectivity index (χ1) is 13.6. The third-order valence-corrected chi connectivity index (χ3v) is 5.35. The summed E-state index contributed by atoms with van der Waals surface area (Å²) in [6, 6.07) is 16.5. The van der Waals surface area contributed by atoms with E-state index < -0.39 is 0 Å². The number of nitrogens with zero attached hydrogens (tertiary/aromatic N) is 2. The fourth-order valence-corrected chi connectivity index (χ4v) is 3.77. The van der Waals surface area contributed by atoms with Gasteiger partial charge in [-0.25, -0.2) is 0 Å². The summed E-state index contributed by atoms with van der Waals surface area (Å²) in [7, 11) is 0. The van der Waals surface area contributed by atoms with E-state index in [0.717, 1.165) is 5.56 Å². The first kappa shape index (κ1) is 18.4. The van der Waals surface area contributed by atoms with Gasteiger partial charge in [0, 0.05) is 13.0 Å². The number of carbonyl (C=O) groups is 3. The minimum absolute atomic E-state index is 0.0466. The van der Waals surface area contributed by atoms with Crippen LogP contribution in [0.25, 0.3) is 0 Å². The van der Waals surface area contributed by atoms with E-state index in [4.69, 9.17) is 4.74 Å². The van der Waals surface area contributed by atoms with Crippen molar-refractivity contribution in [3.05, 3.63) is 71.3 Å². The van der Waals surface area contributed by atoms with Gasteiger partial charge in [0.05, 0.1) is 30.3 Å². The van der Waals surface area contributed by atoms with Crippen LogP contribution in [0.4, 0.5) is 0 Å². The van der Waals surface area contributed by atoms with Gasteiger partial charge in [-0.1, -0.05) is 42.5 Å². The fraction of sp³-hybridized carbons (Fsp3) is 0.318. The molecule has 3 amide bonds. The number of hydrogen-bond acceptors (Lipinski definition) is 4. The summed E-state index contributed by atoms with van der Waals surface area (Å²) < 4.78 is 5.90. The Hall–Kier alpha value is -2.99. The average molecular weight is 378 g/mol. The van der Waals surface area contributed by atoms with Crippen molar-refractivity contribution in [2.24, 2.45) is 0 Å². The highest BCUT2D eigenvalue weighted by molar-refractivity contribution is 6.21. The van der Waals surface area contributed by atoms with Gasteiger partial charge in [-0.15, -0.1) is 0 Å². The number of hydrogen-bond donors (Lipinski definition) is 0. The van der Waals surface area contributed by atoms with E-state index in [1.54, 1.807) is 29.2 Å². The maximum Gasteiger partial charge on any atom is 0.261 e. The molecule has 4 rings (SSSR count). The number of rotatable bonds is 4. The second kappa shape index (κ2) is 7.56. The molecule has 1 fully saturated rings. The monoisotopic (exact) mass is 378 g/mol. The van der Waals surface area contributed by atoms with E-state index in [0.29, 0.717) is 24.3 Å². The molecule has 2 aliphatic rings.